The second kappa shape index (κ2) is 4.39. The molecule has 3 rings (SSSR count). The first-order valence-electron chi connectivity index (χ1n) is 4.61. The van der Waals surface area contributed by atoms with E-state index in [2.05, 4.69) is 48.5 Å². The van der Waals surface area contributed by atoms with Crippen LogP contribution in [0.2, 0.25) is 0 Å². The first-order valence-corrected chi connectivity index (χ1v) is 4.61. The van der Waals surface area contributed by atoms with Gasteiger partial charge in [-0.3, -0.25) is 0 Å². The molecule has 2 heteroatoms. The van der Waals surface area contributed by atoms with Crippen LogP contribution in [-0.4, -0.2) is 16.8 Å². The van der Waals surface area contributed by atoms with Crippen molar-refractivity contribution in [1.29, 1.82) is 0 Å². The molecule has 0 N–H and O–H groups in total. The van der Waals surface area contributed by atoms with Gasteiger partial charge in [-0.05, 0) is 28.7 Å². The minimum Gasteiger partial charge on any atom is -0.0619 e. The van der Waals surface area contributed by atoms with E-state index in [1.807, 2.05) is 0 Å². The zero-order valence-electron chi connectivity index (χ0n) is 8.48. The van der Waals surface area contributed by atoms with E-state index in [-0.39, 0.29) is 16.8 Å². The second-order valence-electron chi connectivity index (χ2n) is 3.49. The molecule has 1 aliphatic carbocycles. The number of fused-ring (bicyclic) bond motifs is 3. The van der Waals surface area contributed by atoms with Crippen molar-refractivity contribution in [3.05, 3.63) is 59.7 Å². The highest BCUT2D eigenvalue weighted by molar-refractivity contribution is 5.76. The average Bonchev–Trinajstić information content (AvgIpc) is 2.56. The van der Waals surface area contributed by atoms with Gasteiger partial charge in [0.05, 0.1) is 0 Å². The van der Waals surface area contributed by atoms with Crippen LogP contribution >= 0.6 is 0 Å². The van der Waals surface area contributed by atoms with Gasteiger partial charge in [0.25, 0.3) is 0 Å². The Balaban J connectivity index is 0.000000562. The zero-order chi connectivity index (χ0) is 8.67. The minimum absolute atomic E-state index is 0. The van der Waals surface area contributed by atoms with Crippen LogP contribution in [0.4, 0.5) is 0 Å². The topological polar surface area (TPSA) is 0 Å². The van der Waals surface area contributed by atoms with Crippen molar-refractivity contribution in [3.8, 4) is 11.1 Å². The lowest BCUT2D eigenvalue weighted by Gasteiger charge is -1.98. The molecule has 1 aliphatic rings. The van der Waals surface area contributed by atoms with Crippen molar-refractivity contribution in [3.63, 3.8) is 0 Å². The van der Waals surface area contributed by atoms with Crippen molar-refractivity contribution < 1.29 is 0 Å². The first kappa shape index (κ1) is 11.6. The molecule has 6 radical (unpaired) electrons. The van der Waals surface area contributed by atoms with E-state index in [9.17, 15) is 0 Å². The maximum atomic E-state index is 2.22. The van der Waals surface area contributed by atoms with Crippen molar-refractivity contribution in [2.75, 3.05) is 0 Å². The van der Waals surface area contributed by atoms with Crippen LogP contribution in [0.15, 0.2) is 48.5 Å². The van der Waals surface area contributed by atoms with Gasteiger partial charge in [0.1, 0.15) is 0 Å². The van der Waals surface area contributed by atoms with E-state index in [1.165, 1.54) is 22.3 Å². The van der Waals surface area contributed by atoms with Crippen LogP contribution in [0.1, 0.15) is 11.1 Å². The number of benzene rings is 2. The lowest BCUT2D eigenvalue weighted by molar-refractivity contribution is 1.26. The van der Waals surface area contributed by atoms with E-state index < -0.39 is 0 Å². The van der Waals surface area contributed by atoms with Gasteiger partial charge in [-0.1, -0.05) is 48.5 Å². The highest BCUT2D eigenvalue weighted by Gasteiger charge is 2.15. The SMILES string of the molecule is [B].[B].c1ccc2c(c1)Cc1ccccc1-2. The smallest absolute Gasteiger partial charge is 0 e. The summed E-state index contributed by atoms with van der Waals surface area (Å²) < 4.78 is 0. The third-order valence-electron chi connectivity index (χ3n) is 2.71. The van der Waals surface area contributed by atoms with Gasteiger partial charge in [0.2, 0.25) is 0 Å². The van der Waals surface area contributed by atoms with Crippen LogP contribution in [-0.2, 0) is 6.42 Å². The molecule has 0 aromatic heterocycles. The Bertz CT molecular complexity index is 420. The first-order chi connectivity index (χ1) is 6.45. The van der Waals surface area contributed by atoms with E-state index in [1.54, 1.807) is 0 Å². The van der Waals surface area contributed by atoms with E-state index >= 15 is 0 Å². The molecule has 0 nitrogen and oxygen atoms in total. The predicted octanol–water partition coefficient (Wildman–Crippen LogP) is 2.50. The molecule has 0 aliphatic heterocycles. The predicted molar refractivity (Wildman–Crippen MR) is 66.2 cm³/mol. The number of hydrogen-bond acceptors (Lipinski definition) is 0. The molecular formula is C13H10B2. The molecule has 0 saturated heterocycles. The minimum atomic E-state index is 0. The number of hydrogen-bond donors (Lipinski definition) is 0. The van der Waals surface area contributed by atoms with Crippen LogP contribution in [0.3, 0.4) is 0 Å². The van der Waals surface area contributed by atoms with Gasteiger partial charge in [0.15, 0.2) is 0 Å². The van der Waals surface area contributed by atoms with Crippen LogP contribution in [0.5, 0.6) is 0 Å². The Kier molecular flexibility index (Phi) is 3.41. The summed E-state index contributed by atoms with van der Waals surface area (Å²) in [5, 5.41) is 0. The monoisotopic (exact) mass is 188 g/mol. The highest BCUT2D eigenvalue weighted by atomic mass is 14.2. The third kappa shape index (κ3) is 1.72. The molecule has 0 amide bonds. The van der Waals surface area contributed by atoms with Crippen molar-refractivity contribution >= 4 is 16.8 Å². The zero-order valence-corrected chi connectivity index (χ0v) is 8.48. The van der Waals surface area contributed by atoms with Gasteiger partial charge >= 0.3 is 0 Å². The summed E-state index contributed by atoms with van der Waals surface area (Å²) >= 11 is 0. The molecule has 0 saturated carbocycles. The Morgan fingerprint density at radius 1 is 0.600 bits per heavy atom. The Morgan fingerprint density at radius 2 is 1.00 bits per heavy atom. The van der Waals surface area contributed by atoms with Gasteiger partial charge in [0, 0.05) is 16.8 Å². The fraction of sp³-hybridized carbons (Fsp3) is 0.0769. The van der Waals surface area contributed by atoms with E-state index in [0.29, 0.717) is 0 Å². The summed E-state index contributed by atoms with van der Waals surface area (Å²) in [5.41, 5.74) is 5.75. The Labute approximate surface area is 94.5 Å². The van der Waals surface area contributed by atoms with Crippen LogP contribution < -0.4 is 0 Å². The summed E-state index contributed by atoms with van der Waals surface area (Å²) in [4.78, 5) is 0. The molecule has 0 bridgehead atoms. The Hall–Kier alpha value is -1.43. The van der Waals surface area contributed by atoms with Gasteiger partial charge in [-0.15, -0.1) is 0 Å². The third-order valence-corrected chi connectivity index (χ3v) is 2.71. The van der Waals surface area contributed by atoms with Crippen LogP contribution in [0.25, 0.3) is 11.1 Å². The standard InChI is InChI=1S/C13H10.2B/c1-3-7-12-10(5-1)9-11-6-2-4-8-13(11)12;;/h1-8H,9H2;;. The molecule has 0 atom stereocenters. The summed E-state index contributed by atoms with van der Waals surface area (Å²) in [5.74, 6) is 0. The average molecular weight is 188 g/mol. The molecular weight excluding hydrogens is 178 g/mol. The number of rotatable bonds is 0. The van der Waals surface area contributed by atoms with E-state index in [4.69, 9.17) is 0 Å². The normalized spacial score (nSPS) is 10.7. The molecule has 68 valence electrons. The fourth-order valence-electron chi connectivity index (χ4n) is 2.08. The molecule has 2 aromatic carbocycles. The van der Waals surface area contributed by atoms with Crippen molar-refractivity contribution in [1.82, 2.24) is 0 Å². The van der Waals surface area contributed by atoms with Gasteiger partial charge in [-0.25, -0.2) is 0 Å². The van der Waals surface area contributed by atoms with Gasteiger partial charge < -0.3 is 0 Å². The largest absolute Gasteiger partial charge is 0.0619 e. The molecule has 0 unspecified atom stereocenters. The van der Waals surface area contributed by atoms with Crippen molar-refractivity contribution in [2.45, 2.75) is 6.42 Å². The molecule has 15 heavy (non-hydrogen) atoms. The lowest BCUT2D eigenvalue weighted by atomic mass is 10.1. The maximum absolute atomic E-state index is 2.22. The summed E-state index contributed by atoms with van der Waals surface area (Å²) in [6, 6.07) is 17.3. The van der Waals surface area contributed by atoms with Gasteiger partial charge in [-0.2, -0.15) is 0 Å². The molecule has 2 aromatic rings. The molecule has 0 spiro atoms. The summed E-state index contributed by atoms with van der Waals surface area (Å²) in [7, 11) is 0. The fourth-order valence-corrected chi connectivity index (χ4v) is 2.08. The second-order valence-corrected chi connectivity index (χ2v) is 3.49. The maximum Gasteiger partial charge on any atom is 0 e. The highest BCUT2D eigenvalue weighted by Crippen LogP contribution is 2.35. The van der Waals surface area contributed by atoms with Crippen molar-refractivity contribution in [2.24, 2.45) is 0 Å². The molecule has 0 fully saturated rings. The summed E-state index contributed by atoms with van der Waals surface area (Å²) in [6.07, 6.45) is 1.10. The van der Waals surface area contributed by atoms with E-state index in [0.717, 1.165) is 6.42 Å². The Morgan fingerprint density at radius 3 is 1.47 bits per heavy atom. The molecule has 0 heterocycles. The quantitative estimate of drug-likeness (QED) is 0.475. The lowest BCUT2D eigenvalue weighted by Crippen LogP contribution is -1.77. The van der Waals surface area contributed by atoms with Crippen LogP contribution in [0, 0.1) is 0 Å². The summed E-state index contributed by atoms with van der Waals surface area (Å²) in [6.45, 7) is 0.